The molecule has 2 atom stereocenters. The van der Waals surface area contributed by atoms with Crippen molar-refractivity contribution in [3.8, 4) is 0 Å². The average molecular weight is 249 g/mol. The van der Waals surface area contributed by atoms with Gasteiger partial charge in [-0.1, -0.05) is 18.2 Å². The topological polar surface area (TPSA) is 20.3 Å². The van der Waals surface area contributed by atoms with Crippen molar-refractivity contribution in [1.82, 2.24) is 4.90 Å². The zero-order chi connectivity index (χ0) is 12.6. The van der Waals surface area contributed by atoms with Crippen molar-refractivity contribution in [2.45, 2.75) is 45.0 Å². The first-order valence-corrected chi connectivity index (χ1v) is 6.57. The third-order valence-corrected chi connectivity index (χ3v) is 3.80. The molecule has 3 heteroatoms. The lowest BCUT2D eigenvalue weighted by atomic mass is 9.92. The molecule has 1 aromatic rings. The van der Waals surface area contributed by atoms with E-state index in [-0.39, 0.29) is 11.2 Å². The quantitative estimate of drug-likeness (QED) is 0.759. The Kier molecular flexibility index (Phi) is 3.48. The number of hydrogen-bond donors (Lipinski definition) is 1. The molecule has 1 aliphatic rings. The van der Waals surface area contributed by atoms with Crippen LogP contribution in [0.25, 0.3) is 0 Å². The lowest BCUT2D eigenvalue weighted by Gasteiger charge is -2.34. The summed E-state index contributed by atoms with van der Waals surface area (Å²) in [5, 5.41) is 0.241. The van der Waals surface area contributed by atoms with Gasteiger partial charge in [-0.3, -0.25) is 4.79 Å². The van der Waals surface area contributed by atoms with Gasteiger partial charge in [0.25, 0.3) is 0 Å². The standard InChI is InChI=1S/C14H19NOS/c1-9-6-13-5-4-12(10(2)17)7-14(13)8-15(9)11(3)16/h4-5,7,9-10,17H,6,8H2,1-3H3. The van der Waals surface area contributed by atoms with Crippen molar-refractivity contribution in [2.75, 3.05) is 0 Å². The van der Waals surface area contributed by atoms with E-state index in [0.29, 0.717) is 6.04 Å². The van der Waals surface area contributed by atoms with Gasteiger partial charge in [0.15, 0.2) is 0 Å². The Balaban J connectivity index is 2.33. The van der Waals surface area contributed by atoms with Crippen LogP contribution in [-0.4, -0.2) is 16.8 Å². The van der Waals surface area contributed by atoms with Gasteiger partial charge in [0, 0.05) is 24.8 Å². The van der Waals surface area contributed by atoms with Crippen LogP contribution in [0.15, 0.2) is 18.2 Å². The first-order valence-electron chi connectivity index (χ1n) is 6.06. The Morgan fingerprint density at radius 2 is 2.18 bits per heavy atom. The molecule has 0 spiro atoms. The second-order valence-corrected chi connectivity index (χ2v) is 5.68. The minimum Gasteiger partial charge on any atom is -0.336 e. The third kappa shape index (κ3) is 2.49. The monoisotopic (exact) mass is 249 g/mol. The van der Waals surface area contributed by atoms with Crippen LogP contribution in [0.2, 0.25) is 0 Å². The predicted molar refractivity (Wildman–Crippen MR) is 73.2 cm³/mol. The Bertz CT molecular complexity index is 442. The molecule has 1 aliphatic heterocycles. The summed E-state index contributed by atoms with van der Waals surface area (Å²) in [6.07, 6.45) is 0.955. The van der Waals surface area contributed by atoms with Crippen molar-refractivity contribution in [1.29, 1.82) is 0 Å². The minimum absolute atomic E-state index is 0.160. The number of thiol groups is 1. The van der Waals surface area contributed by atoms with Gasteiger partial charge in [0.2, 0.25) is 5.91 Å². The molecule has 2 unspecified atom stereocenters. The summed E-state index contributed by atoms with van der Waals surface area (Å²) in [6, 6.07) is 6.83. The van der Waals surface area contributed by atoms with E-state index in [1.807, 2.05) is 4.90 Å². The number of nitrogens with zero attached hydrogens (tertiary/aromatic N) is 1. The summed E-state index contributed by atoms with van der Waals surface area (Å²) in [4.78, 5) is 13.5. The number of amides is 1. The zero-order valence-corrected chi connectivity index (χ0v) is 11.5. The lowest BCUT2D eigenvalue weighted by molar-refractivity contribution is -0.131. The molecule has 1 amide bonds. The highest BCUT2D eigenvalue weighted by Gasteiger charge is 2.24. The first kappa shape index (κ1) is 12.5. The number of fused-ring (bicyclic) bond motifs is 1. The lowest BCUT2D eigenvalue weighted by Crippen LogP contribution is -2.41. The third-order valence-electron chi connectivity index (χ3n) is 3.51. The van der Waals surface area contributed by atoms with E-state index in [4.69, 9.17) is 0 Å². The van der Waals surface area contributed by atoms with Gasteiger partial charge < -0.3 is 4.90 Å². The molecule has 0 radical (unpaired) electrons. The molecule has 0 fully saturated rings. The molecule has 92 valence electrons. The highest BCUT2D eigenvalue weighted by atomic mass is 32.1. The average Bonchev–Trinajstić information content (AvgIpc) is 2.27. The fourth-order valence-corrected chi connectivity index (χ4v) is 2.60. The molecule has 0 aliphatic carbocycles. The van der Waals surface area contributed by atoms with E-state index >= 15 is 0 Å². The van der Waals surface area contributed by atoms with Crippen LogP contribution in [0.4, 0.5) is 0 Å². The van der Waals surface area contributed by atoms with E-state index in [1.54, 1.807) is 6.92 Å². The number of benzene rings is 1. The largest absolute Gasteiger partial charge is 0.336 e. The molecule has 2 nitrogen and oxygen atoms in total. The van der Waals surface area contributed by atoms with E-state index < -0.39 is 0 Å². The molecule has 17 heavy (non-hydrogen) atoms. The maximum atomic E-state index is 11.5. The van der Waals surface area contributed by atoms with Crippen molar-refractivity contribution in [3.63, 3.8) is 0 Å². The highest BCUT2D eigenvalue weighted by molar-refractivity contribution is 7.80. The van der Waals surface area contributed by atoms with Crippen LogP contribution in [0.5, 0.6) is 0 Å². The van der Waals surface area contributed by atoms with Crippen LogP contribution in [0.3, 0.4) is 0 Å². The number of carbonyl (C=O) groups excluding carboxylic acids is 1. The number of hydrogen-bond acceptors (Lipinski definition) is 2. The summed E-state index contributed by atoms with van der Waals surface area (Å²) < 4.78 is 0. The second-order valence-electron chi connectivity index (χ2n) is 4.90. The maximum absolute atomic E-state index is 11.5. The number of carbonyl (C=O) groups is 1. The molecule has 0 N–H and O–H groups in total. The molecule has 1 heterocycles. The molecule has 2 rings (SSSR count). The van der Waals surface area contributed by atoms with Gasteiger partial charge >= 0.3 is 0 Å². The van der Waals surface area contributed by atoms with Crippen LogP contribution < -0.4 is 0 Å². The van der Waals surface area contributed by atoms with Crippen LogP contribution >= 0.6 is 12.6 Å². The molecule has 0 saturated heterocycles. The van der Waals surface area contributed by atoms with E-state index in [1.165, 1.54) is 16.7 Å². The molecule has 1 aromatic carbocycles. The van der Waals surface area contributed by atoms with E-state index in [9.17, 15) is 4.79 Å². The van der Waals surface area contributed by atoms with Gasteiger partial charge in [-0.25, -0.2) is 0 Å². The smallest absolute Gasteiger partial charge is 0.219 e. The predicted octanol–water partition coefficient (Wildman–Crippen LogP) is 2.97. The summed E-state index contributed by atoms with van der Waals surface area (Å²) >= 11 is 4.46. The normalized spacial score (nSPS) is 20.9. The maximum Gasteiger partial charge on any atom is 0.219 e. The van der Waals surface area contributed by atoms with E-state index in [2.05, 4.69) is 44.7 Å². The SMILES string of the molecule is CC(=O)N1Cc2cc(C(C)S)ccc2CC1C. The second kappa shape index (κ2) is 4.73. The summed E-state index contributed by atoms with van der Waals surface area (Å²) in [5.41, 5.74) is 3.87. The van der Waals surface area contributed by atoms with Crippen molar-refractivity contribution in [3.05, 3.63) is 34.9 Å². The van der Waals surface area contributed by atoms with Gasteiger partial charge in [-0.15, -0.1) is 0 Å². The molecule has 0 aromatic heterocycles. The Labute approximate surface area is 108 Å². The van der Waals surface area contributed by atoms with Gasteiger partial charge in [-0.2, -0.15) is 12.6 Å². The Morgan fingerprint density at radius 3 is 2.76 bits per heavy atom. The fourth-order valence-electron chi connectivity index (χ4n) is 2.44. The highest BCUT2D eigenvalue weighted by Crippen LogP contribution is 2.27. The molecule has 0 saturated carbocycles. The van der Waals surface area contributed by atoms with Crippen molar-refractivity contribution < 1.29 is 4.79 Å². The van der Waals surface area contributed by atoms with Gasteiger partial charge in [-0.05, 0) is 37.0 Å². The molecule has 0 bridgehead atoms. The first-order chi connectivity index (χ1) is 7.99. The van der Waals surface area contributed by atoms with Gasteiger partial charge in [0.1, 0.15) is 0 Å². The van der Waals surface area contributed by atoms with Gasteiger partial charge in [0.05, 0.1) is 0 Å². The molecular formula is C14H19NOS. The summed E-state index contributed by atoms with van der Waals surface area (Å²) in [6.45, 7) is 6.56. The van der Waals surface area contributed by atoms with E-state index in [0.717, 1.165) is 13.0 Å². The summed E-state index contributed by atoms with van der Waals surface area (Å²) in [5.74, 6) is 0.160. The number of rotatable bonds is 1. The van der Waals surface area contributed by atoms with Crippen LogP contribution in [0.1, 0.15) is 42.7 Å². The van der Waals surface area contributed by atoms with Crippen LogP contribution in [-0.2, 0) is 17.8 Å². The zero-order valence-electron chi connectivity index (χ0n) is 10.6. The summed E-state index contributed by atoms with van der Waals surface area (Å²) in [7, 11) is 0. The Morgan fingerprint density at radius 1 is 1.47 bits per heavy atom. The fraction of sp³-hybridized carbons (Fsp3) is 0.500. The minimum atomic E-state index is 0.160. The van der Waals surface area contributed by atoms with Crippen LogP contribution in [0, 0.1) is 0 Å². The molecular weight excluding hydrogens is 230 g/mol. The van der Waals surface area contributed by atoms with Crippen molar-refractivity contribution >= 4 is 18.5 Å². The van der Waals surface area contributed by atoms with Crippen molar-refractivity contribution in [2.24, 2.45) is 0 Å². The Hall–Kier alpha value is -0.960.